The fraction of sp³-hybridized carbons (Fsp3) is 0.868. The fourth-order valence-corrected chi connectivity index (χ4v) is 8.25. The van der Waals surface area contributed by atoms with E-state index in [4.69, 9.17) is 9.47 Å². The monoisotopic (exact) mass is 878 g/mol. The maximum absolute atomic E-state index is 13.0. The summed E-state index contributed by atoms with van der Waals surface area (Å²) in [7, 11) is 0. The Hall–Kier alpha value is -1.59. The third-order valence-corrected chi connectivity index (χ3v) is 12.4. The molecular formula is C53H99NO8. The topological polar surface area (TPSA) is 149 Å². The van der Waals surface area contributed by atoms with Crippen LogP contribution in [0, 0.1) is 0 Å². The first kappa shape index (κ1) is 58.4. The summed E-state index contributed by atoms with van der Waals surface area (Å²) in [5, 5.41) is 54.3. The van der Waals surface area contributed by atoms with Crippen molar-refractivity contribution in [2.24, 2.45) is 0 Å². The van der Waals surface area contributed by atoms with Gasteiger partial charge in [-0.05, 0) is 44.9 Å². The van der Waals surface area contributed by atoms with Crippen molar-refractivity contribution < 1.29 is 39.8 Å². The molecule has 1 aliphatic rings. The molecule has 0 bridgehead atoms. The first-order valence-electron chi connectivity index (χ1n) is 26.2. The highest BCUT2D eigenvalue weighted by atomic mass is 16.7. The van der Waals surface area contributed by atoms with Crippen LogP contribution in [0.25, 0.3) is 0 Å². The molecule has 1 aliphatic heterocycles. The molecule has 7 unspecified atom stereocenters. The van der Waals surface area contributed by atoms with Crippen LogP contribution >= 0.6 is 0 Å². The molecule has 0 aliphatic carbocycles. The molecule has 1 rings (SSSR count). The van der Waals surface area contributed by atoms with E-state index in [9.17, 15) is 30.3 Å². The minimum Gasteiger partial charge on any atom is -0.394 e. The number of hydrogen-bond donors (Lipinski definition) is 6. The number of carbonyl (C=O) groups excluding carboxylic acids is 1. The van der Waals surface area contributed by atoms with Crippen molar-refractivity contribution in [2.45, 2.75) is 281 Å². The highest BCUT2D eigenvalue weighted by molar-refractivity contribution is 5.76. The van der Waals surface area contributed by atoms with E-state index in [0.29, 0.717) is 6.42 Å². The SMILES string of the molecule is CCCCCCCCCCCCC/C=C/CC/C=C/CC/C=C/C(O)C(COC1OC(CO)C(O)C(O)C1O)NC(=O)CCCCCCCCCCCCCCCCCCCC. The lowest BCUT2D eigenvalue weighted by atomic mass is 9.99. The minimum atomic E-state index is -1.57. The molecule has 0 radical (unpaired) electrons. The highest BCUT2D eigenvalue weighted by Crippen LogP contribution is 2.23. The standard InChI is InChI=1S/C53H99NO8/c1-3-5-7-9-11-13-15-17-19-21-23-24-25-26-28-30-32-34-36-38-40-42-47(56)46(45-61-53-52(60)51(59)50(58)48(44-55)62-53)54-49(57)43-41-39-37-35-33-31-29-27-22-20-18-16-14-12-10-8-6-4-2/h25-26,32,34,40,42,46-48,50-53,55-56,58-60H,3-24,27-31,33,35-39,41,43-45H2,1-2H3,(H,54,57)/b26-25+,34-32+,42-40+. The van der Waals surface area contributed by atoms with E-state index in [0.717, 1.165) is 44.9 Å². The maximum Gasteiger partial charge on any atom is 0.220 e. The van der Waals surface area contributed by atoms with Crippen LogP contribution in [-0.4, -0.2) is 87.5 Å². The number of unbranched alkanes of at least 4 members (excludes halogenated alkanes) is 30. The van der Waals surface area contributed by atoms with E-state index < -0.39 is 49.5 Å². The summed E-state index contributed by atoms with van der Waals surface area (Å²) in [5.74, 6) is -0.188. The van der Waals surface area contributed by atoms with Gasteiger partial charge in [0.05, 0.1) is 25.4 Å². The first-order valence-corrected chi connectivity index (χ1v) is 26.2. The summed E-state index contributed by atoms with van der Waals surface area (Å²) in [6.45, 7) is 3.77. The van der Waals surface area contributed by atoms with Gasteiger partial charge < -0.3 is 40.3 Å². The van der Waals surface area contributed by atoms with Gasteiger partial charge in [0, 0.05) is 6.42 Å². The number of aliphatic hydroxyl groups is 5. The quantitative estimate of drug-likeness (QED) is 0.0262. The molecule has 0 aromatic carbocycles. The van der Waals surface area contributed by atoms with Gasteiger partial charge in [0.25, 0.3) is 0 Å². The molecule has 0 aromatic heterocycles. The number of allylic oxidation sites excluding steroid dienone is 5. The van der Waals surface area contributed by atoms with Crippen molar-refractivity contribution in [2.75, 3.05) is 13.2 Å². The van der Waals surface area contributed by atoms with E-state index in [1.54, 1.807) is 6.08 Å². The summed E-state index contributed by atoms with van der Waals surface area (Å²) >= 11 is 0. The van der Waals surface area contributed by atoms with E-state index in [1.807, 2.05) is 6.08 Å². The van der Waals surface area contributed by atoms with Crippen molar-refractivity contribution >= 4 is 5.91 Å². The molecule has 7 atom stereocenters. The minimum absolute atomic E-state index is 0.188. The predicted molar refractivity (Wildman–Crippen MR) is 258 cm³/mol. The zero-order valence-electron chi connectivity index (χ0n) is 40.1. The van der Waals surface area contributed by atoms with Gasteiger partial charge in [-0.2, -0.15) is 0 Å². The van der Waals surface area contributed by atoms with E-state index in [1.165, 1.54) is 173 Å². The van der Waals surface area contributed by atoms with Crippen LogP contribution in [-0.2, 0) is 14.3 Å². The number of carbonyl (C=O) groups is 1. The lowest BCUT2D eigenvalue weighted by molar-refractivity contribution is -0.302. The zero-order chi connectivity index (χ0) is 45.1. The molecule has 364 valence electrons. The van der Waals surface area contributed by atoms with Gasteiger partial charge >= 0.3 is 0 Å². The fourth-order valence-electron chi connectivity index (χ4n) is 8.25. The summed E-state index contributed by atoms with van der Waals surface area (Å²) in [5.41, 5.74) is 0. The molecular weight excluding hydrogens is 779 g/mol. The summed E-state index contributed by atoms with van der Waals surface area (Å²) in [6, 6.07) is -0.825. The molecule has 1 amide bonds. The normalized spacial score (nSPS) is 20.5. The van der Waals surface area contributed by atoms with Gasteiger partial charge in [-0.3, -0.25) is 4.79 Å². The van der Waals surface area contributed by atoms with Crippen LogP contribution < -0.4 is 5.32 Å². The van der Waals surface area contributed by atoms with Crippen molar-refractivity contribution in [3.63, 3.8) is 0 Å². The van der Waals surface area contributed by atoms with E-state index >= 15 is 0 Å². The first-order chi connectivity index (χ1) is 30.3. The molecule has 0 aromatic rings. The van der Waals surface area contributed by atoms with E-state index in [2.05, 4.69) is 43.5 Å². The van der Waals surface area contributed by atoms with Gasteiger partial charge in [0.15, 0.2) is 6.29 Å². The van der Waals surface area contributed by atoms with Gasteiger partial charge in [-0.25, -0.2) is 0 Å². The van der Waals surface area contributed by atoms with Crippen LogP contribution in [0.3, 0.4) is 0 Å². The van der Waals surface area contributed by atoms with Crippen LogP contribution in [0.2, 0.25) is 0 Å². The second-order valence-corrected chi connectivity index (χ2v) is 18.3. The smallest absolute Gasteiger partial charge is 0.220 e. The second-order valence-electron chi connectivity index (χ2n) is 18.3. The van der Waals surface area contributed by atoms with Crippen LogP contribution in [0.4, 0.5) is 0 Å². The van der Waals surface area contributed by atoms with Crippen LogP contribution in [0.1, 0.15) is 239 Å². The van der Waals surface area contributed by atoms with Crippen molar-refractivity contribution in [3.8, 4) is 0 Å². The third kappa shape index (κ3) is 33.0. The summed E-state index contributed by atoms with van der Waals surface area (Å²) in [6.07, 6.45) is 47.7. The molecule has 6 N–H and O–H groups in total. The van der Waals surface area contributed by atoms with Crippen molar-refractivity contribution in [1.82, 2.24) is 5.32 Å². The Morgan fingerprint density at radius 2 is 0.919 bits per heavy atom. The van der Waals surface area contributed by atoms with Gasteiger partial charge in [0.1, 0.15) is 24.4 Å². The zero-order valence-corrected chi connectivity index (χ0v) is 40.1. The average molecular weight is 878 g/mol. The van der Waals surface area contributed by atoms with Crippen molar-refractivity contribution in [1.29, 1.82) is 0 Å². The largest absolute Gasteiger partial charge is 0.394 e. The number of nitrogens with one attached hydrogen (secondary N) is 1. The van der Waals surface area contributed by atoms with E-state index in [-0.39, 0.29) is 12.5 Å². The summed E-state index contributed by atoms with van der Waals surface area (Å²) in [4.78, 5) is 13.0. The van der Waals surface area contributed by atoms with Crippen LogP contribution in [0.15, 0.2) is 36.5 Å². The Morgan fingerprint density at radius 1 is 0.532 bits per heavy atom. The highest BCUT2D eigenvalue weighted by Gasteiger charge is 2.44. The number of rotatable bonds is 44. The summed E-state index contributed by atoms with van der Waals surface area (Å²) < 4.78 is 11.2. The predicted octanol–water partition coefficient (Wildman–Crippen LogP) is 12.0. The number of aliphatic hydroxyl groups excluding tert-OH is 5. The number of ether oxygens (including phenoxy) is 2. The Labute approximate surface area is 381 Å². The molecule has 0 saturated carbocycles. The Bertz CT molecular complexity index is 1070. The molecule has 0 spiro atoms. The third-order valence-electron chi connectivity index (χ3n) is 12.4. The van der Waals surface area contributed by atoms with Gasteiger partial charge in [-0.15, -0.1) is 0 Å². The average Bonchev–Trinajstić information content (AvgIpc) is 3.27. The lowest BCUT2D eigenvalue weighted by Crippen LogP contribution is -2.60. The molecule has 62 heavy (non-hydrogen) atoms. The Kier molecular flexibility index (Phi) is 40.8. The second kappa shape index (κ2) is 43.3. The number of hydrogen-bond acceptors (Lipinski definition) is 8. The number of amides is 1. The van der Waals surface area contributed by atoms with Gasteiger partial charge in [0.2, 0.25) is 5.91 Å². The maximum atomic E-state index is 13.0. The lowest BCUT2D eigenvalue weighted by Gasteiger charge is -2.40. The van der Waals surface area contributed by atoms with Gasteiger partial charge in [-0.1, -0.05) is 224 Å². The van der Waals surface area contributed by atoms with Crippen LogP contribution in [0.5, 0.6) is 0 Å². The van der Waals surface area contributed by atoms with Crippen molar-refractivity contribution in [3.05, 3.63) is 36.5 Å². The molecule has 9 heteroatoms. The molecule has 1 heterocycles. The Balaban J connectivity index is 2.32. The molecule has 9 nitrogen and oxygen atoms in total. The Morgan fingerprint density at radius 3 is 1.35 bits per heavy atom. The molecule has 1 fully saturated rings. The molecule has 1 saturated heterocycles.